The van der Waals surface area contributed by atoms with Crippen LogP contribution < -0.4 is 16.0 Å². The van der Waals surface area contributed by atoms with Gasteiger partial charge in [0, 0.05) is 31.5 Å². The van der Waals surface area contributed by atoms with Gasteiger partial charge in [-0.15, -0.1) is 0 Å². The van der Waals surface area contributed by atoms with Crippen LogP contribution in [0.15, 0.2) is 36.5 Å². The highest BCUT2D eigenvalue weighted by molar-refractivity contribution is 6.01. The number of ether oxygens (including phenoxy) is 1. The molecule has 0 radical (unpaired) electrons. The second-order valence-electron chi connectivity index (χ2n) is 13.9. The second kappa shape index (κ2) is 12.1. The zero-order valence-corrected chi connectivity index (χ0v) is 26.8. The largest absolute Gasteiger partial charge is 0.453 e. The first-order valence-corrected chi connectivity index (χ1v) is 16.4. The number of anilines is 1. The van der Waals surface area contributed by atoms with Crippen molar-refractivity contribution in [2.24, 2.45) is 30.2 Å². The summed E-state index contributed by atoms with van der Waals surface area (Å²) in [7, 11) is 3.03. The van der Waals surface area contributed by atoms with E-state index in [1.807, 2.05) is 13.0 Å². The molecule has 1 aromatic heterocycles. The van der Waals surface area contributed by atoms with Crippen LogP contribution in [0.5, 0.6) is 0 Å². The van der Waals surface area contributed by atoms with E-state index < -0.39 is 17.7 Å². The number of hydrogen-bond donors (Lipinski definition) is 3. The lowest BCUT2D eigenvalue weighted by Crippen LogP contribution is -2.59. The topological polar surface area (TPSA) is 135 Å². The summed E-state index contributed by atoms with van der Waals surface area (Å²) in [5.41, 5.74) is 0.256. The Morgan fingerprint density at radius 3 is 2.29 bits per heavy atom. The fraction of sp³-hybridized carbons (Fsp3) is 0.618. The Bertz CT molecular complexity index is 1450. The molecule has 4 aliphatic rings. The van der Waals surface area contributed by atoms with E-state index in [1.54, 1.807) is 37.5 Å². The summed E-state index contributed by atoms with van der Waals surface area (Å²) in [5.74, 6) is 0.0161. The van der Waals surface area contributed by atoms with E-state index in [9.17, 15) is 19.2 Å². The lowest BCUT2D eigenvalue weighted by atomic mass is 9.66. The average Bonchev–Trinajstić information content (AvgIpc) is 3.94. The minimum absolute atomic E-state index is 0.0238. The lowest BCUT2D eigenvalue weighted by Gasteiger charge is -2.45. The highest BCUT2D eigenvalue weighted by Gasteiger charge is 2.53. The van der Waals surface area contributed by atoms with Gasteiger partial charge < -0.3 is 20.7 Å². The van der Waals surface area contributed by atoms with Crippen LogP contribution in [0.2, 0.25) is 0 Å². The molecule has 242 valence electrons. The van der Waals surface area contributed by atoms with Crippen molar-refractivity contribution in [1.82, 2.24) is 25.3 Å². The molecular weight excluding hydrogens is 572 g/mol. The van der Waals surface area contributed by atoms with Gasteiger partial charge in [0.1, 0.15) is 17.3 Å². The molecule has 4 amide bonds. The maximum atomic E-state index is 14.2. The predicted octanol–water partition coefficient (Wildman–Crippen LogP) is 4.35. The number of likely N-dealkylation sites (tertiary alicyclic amines) is 1. The first kappa shape index (κ1) is 31.1. The number of aromatic nitrogens is 2. The Labute approximate surface area is 264 Å². The molecule has 2 unspecified atom stereocenters. The molecule has 2 aromatic rings. The molecule has 1 aliphatic heterocycles. The van der Waals surface area contributed by atoms with Gasteiger partial charge in [-0.2, -0.15) is 5.10 Å². The zero-order chi connectivity index (χ0) is 31.9. The Morgan fingerprint density at radius 2 is 1.71 bits per heavy atom. The number of aryl methyl sites for hydroxylation is 1. The summed E-state index contributed by atoms with van der Waals surface area (Å²) in [5, 5.41) is 13.5. The number of carbonyl (C=O) groups is 4. The molecule has 3 N–H and O–H groups in total. The molecule has 2 heterocycles. The van der Waals surface area contributed by atoms with E-state index in [1.165, 1.54) is 16.7 Å². The van der Waals surface area contributed by atoms with E-state index in [2.05, 4.69) is 28.0 Å². The molecule has 1 aromatic carbocycles. The number of amides is 4. The number of nitrogens with one attached hydrogen (secondary N) is 3. The first-order chi connectivity index (χ1) is 21.6. The van der Waals surface area contributed by atoms with Gasteiger partial charge in [-0.25, -0.2) is 4.79 Å². The van der Waals surface area contributed by atoms with Crippen LogP contribution in [0.3, 0.4) is 0 Å². The van der Waals surface area contributed by atoms with Crippen molar-refractivity contribution in [3.63, 3.8) is 0 Å². The number of benzene rings is 1. The van der Waals surface area contributed by atoms with Gasteiger partial charge in [-0.3, -0.25) is 24.0 Å². The number of carbonyl (C=O) groups excluding carboxylic acids is 4. The zero-order valence-electron chi connectivity index (χ0n) is 26.8. The van der Waals surface area contributed by atoms with E-state index in [0.29, 0.717) is 48.2 Å². The third kappa shape index (κ3) is 5.93. The molecule has 11 nitrogen and oxygen atoms in total. The SMILES string of the molecule is COC(=O)N1CCCC1(C(=O)NC(C)C1(C)CCC1)c1cccc(NC(=O)[C@@H](NC(=O)c2ccnn2C)C(C2CC2)C2CC2)c1. The highest BCUT2D eigenvalue weighted by atomic mass is 16.5. The van der Waals surface area contributed by atoms with Crippen LogP contribution in [0.1, 0.15) is 87.7 Å². The smallest absolute Gasteiger partial charge is 0.410 e. The molecule has 0 bridgehead atoms. The Hall–Kier alpha value is -3.89. The lowest BCUT2D eigenvalue weighted by molar-refractivity contribution is -0.134. The minimum Gasteiger partial charge on any atom is -0.453 e. The average molecular weight is 619 g/mol. The van der Waals surface area contributed by atoms with Crippen molar-refractivity contribution in [3.05, 3.63) is 47.8 Å². The summed E-state index contributed by atoms with van der Waals surface area (Å²) >= 11 is 0. The third-order valence-corrected chi connectivity index (χ3v) is 11.0. The first-order valence-electron chi connectivity index (χ1n) is 16.4. The monoisotopic (exact) mass is 618 g/mol. The van der Waals surface area contributed by atoms with Gasteiger partial charge in [-0.1, -0.05) is 25.5 Å². The maximum Gasteiger partial charge on any atom is 0.410 e. The van der Waals surface area contributed by atoms with Crippen molar-refractivity contribution in [1.29, 1.82) is 0 Å². The van der Waals surface area contributed by atoms with Crippen LogP contribution in [0, 0.1) is 23.2 Å². The number of methoxy groups -OCH3 is 1. The van der Waals surface area contributed by atoms with Crippen molar-refractivity contribution in [3.8, 4) is 0 Å². The Kier molecular flexibility index (Phi) is 8.39. The highest BCUT2D eigenvalue weighted by Crippen LogP contribution is 2.51. The van der Waals surface area contributed by atoms with Crippen LogP contribution in [-0.2, 0) is 26.9 Å². The summed E-state index contributed by atoms with van der Waals surface area (Å²) in [6.07, 6.45) is 9.53. The molecule has 3 aliphatic carbocycles. The van der Waals surface area contributed by atoms with E-state index >= 15 is 0 Å². The minimum atomic E-state index is -1.28. The maximum absolute atomic E-state index is 14.2. The van der Waals surface area contributed by atoms with Crippen LogP contribution in [-0.4, -0.2) is 64.2 Å². The van der Waals surface area contributed by atoms with Gasteiger partial charge >= 0.3 is 6.09 Å². The van der Waals surface area contributed by atoms with Crippen LogP contribution in [0.25, 0.3) is 0 Å². The molecule has 0 spiro atoms. The van der Waals surface area contributed by atoms with Crippen LogP contribution in [0.4, 0.5) is 10.5 Å². The fourth-order valence-corrected chi connectivity index (χ4v) is 7.62. The molecular formula is C34H46N6O5. The summed E-state index contributed by atoms with van der Waals surface area (Å²) in [4.78, 5) is 56.2. The normalized spacial score (nSPS) is 23.5. The molecule has 45 heavy (non-hydrogen) atoms. The number of nitrogens with zero attached hydrogens (tertiary/aromatic N) is 3. The number of hydrogen-bond acceptors (Lipinski definition) is 6. The van der Waals surface area contributed by atoms with E-state index in [4.69, 9.17) is 4.74 Å². The summed E-state index contributed by atoms with van der Waals surface area (Å²) in [6, 6.07) is 8.07. The molecule has 3 saturated carbocycles. The van der Waals surface area contributed by atoms with Gasteiger partial charge in [-0.05, 0) is 105 Å². The third-order valence-electron chi connectivity index (χ3n) is 11.0. The predicted molar refractivity (Wildman–Crippen MR) is 168 cm³/mol. The van der Waals surface area contributed by atoms with E-state index in [0.717, 1.165) is 44.9 Å². The Balaban J connectivity index is 1.28. The summed E-state index contributed by atoms with van der Waals surface area (Å²) < 4.78 is 6.64. The molecule has 1 saturated heterocycles. The fourth-order valence-electron chi connectivity index (χ4n) is 7.62. The van der Waals surface area contributed by atoms with E-state index in [-0.39, 0.29) is 35.1 Å². The summed E-state index contributed by atoms with van der Waals surface area (Å²) in [6.45, 7) is 4.61. The molecule has 11 heteroatoms. The second-order valence-corrected chi connectivity index (χ2v) is 13.9. The van der Waals surface area contributed by atoms with Crippen molar-refractivity contribution < 1.29 is 23.9 Å². The van der Waals surface area contributed by atoms with Gasteiger partial charge in [0.25, 0.3) is 11.8 Å². The quantitative estimate of drug-likeness (QED) is 0.343. The molecule has 4 fully saturated rings. The van der Waals surface area contributed by atoms with Gasteiger partial charge in [0.05, 0.1) is 7.11 Å². The number of rotatable bonds is 11. The molecule has 3 atom stereocenters. The van der Waals surface area contributed by atoms with Crippen molar-refractivity contribution >= 4 is 29.5 Å². The van der Waals surface area contributed by atoms with Gasteiger partial charge in [0.2, 0.25) is 5.91 Å². The van der Waals surface area contributed by atoms with Crippen molar-refractivity contribution in [2.45, 2.75) is 89.3 Å². The van der Waals surface area contributed by atoms with Gasteiger partial charge in [0.15, 0.2) is 0 Å². The van der Waals surface area contributed by atoms with Crippen LogP contribution >= 0.6 is 0 Å². The standard InChI is InChI=1S/C34H46N6O5/c1-21(33(2)15-6-16-33)36-31(43)34(17-7-19-40(34)32(44)45-4)24-8-5-9-25(20-24)37-30(42)28(27(22-10-11-22)23-12-13-23)38-29(41)26-14-18-35-39(26)3/h5,8-9,14,18,20-23,27-28H,6-7,10-13,15-17,19H2,1-4H3,(H,36,43)(H,37,42)(H,38,41)/t21?,28-,34?/m0/s1. The van der Waals surface area contributed by atoms with Crippen molar-refractivity contribution in [2.75, 3.05) is 19.0 Å². The molecule has 6 rings (SSSR count). The Morgan fingerprint density at radius 1 is 1.00 bits per heavy atom.